The van der Waals surface area contributed by atoms with Gasteiger partial charge in [-0.25, -0.2) is 0 Å². The van der Waals surface area contributed by atoms with Crippen molar-refractivity contribution >= 4 is 0 Å². The summed E-state index contributed by atoms with van der Waals surface area (Å²) in [5, 5.41) is 7.53. The van der Waals surface area contributed by atoms with Crippen LogP contribution in [0.5, 0.6) is 11.5 Å². The molecule has 2 aromatic rings. The highest BCUT2D eigenvalue weighted by molar-refractivity contribution is 5.43. The number of benzene rings is 1. The topological polar surface area (TPSA) is 72.7 Å². The normalized spacial score (nSPS) is 21.0. The van der Waals surface area contributed by atoms with E-state index < -0.39 is 0 Å². The lowest BCUT2D eigenvalue weighted by Crippen LogP contribution is -2.44. The molecule has 3 heterocycles. The molecule has 1 N–H and O–H groups in total. The van der Waals surface area contributed by atoms with Crippen LogP contribution < -0.4 is 14.8 Å². The van der Waals surface area contributed by atoms with E-state index in [4.69, 9.17) is 14.0 Å². The zero-order valence-electron chi connectivity index (χ0n) is 13.8. The van der Waals surface area contributed by atoms with Crippen molar-refractivity contribution in [1.29, 1.82) is 0 Å². The second-order valence-electron chi connectivity index (χ2n) is 6.22. The molecular weight excluding hydrogens is 308 g/mol. The zero-order chi connectivity index (χ0) is 16.4. The molecule has 1 aromatic heterocycles. The molecule has 2 aliphatic heterocycles. The average Bonchev–Trinajstić information content (AvgIpc) is 3.09. The number of rotatable bonds is 4. The summed E-state index contributed by atoms with van der Waals surface area (Å²) in [7, 11) is 2.09. The first-order chi connectivity index (χ1) is 11.8. The van der Waals surface area contributed by atoms with Gasteiger partial charge >= 0.3 is 0 Å². The smallest absolute Gasteiger partial charge is 0.227 e. The van der Waals surface area contributed by atoms with Gasteiger partial charge in [0.15, 0.2) is 17.3 Å². The summed E-state index contributed by atoms with van der Waals surface area (Å²) in [6, 6.07) is 6.24. The van der Waals surface area contributed by atoms with Crippen LogP contribution in [0.15, 0.2) is 22.7 Å². The monoisotopic (exact) mass is 330 g/mol. The third kappa shape index (κ3) is 3.22. The molecule has 1 aromatic carbocycles. The van der Waals surface area contributed by atoms with Crippen molar-refractivity contribution in [3.05, 3.63) is 35.5 Å². The highest BCUT2D eigenvalue weighted by atomic mass is 16.6. The van der Waals surface area contributed by atoms with Gasteiger partial charge in [-0.2, -0.15) is 4.98 Å². The molecule has 2 aliphatic rings. The Labute approximate surface area is 140 Å². The SMILES string of the molecule is CN1CCNCC1c1noc(CCc2ccc3c(c2)OCCO3)n1. The molecule has 128 valence electrons. The first kappa shape index (κ1) is 15.4. The van der Waals surface area contributed by atoms with Crippen LogP contribution in [0.4, 0.5) is 0 Å². The number of ether oxygens (including phenoxy) is 2. The van der Waals surface area contributed by atoms with E-state index >= 15 is 0 Å². The second-order valence-corrected chi connectivity index (χ2v) is 6.22. The van der Waals surface area contributed by atoms with Gasteiger partial charge in [-0.1, -0.05) is 11.2 Å². The summed E-state index contributed by atoms with van der Waals surface area (Å²) >= 11 is 0. The molecule has 1 saturated heterocycles. The zero-order valence-corrected chi connectivity index (χ0v) is 13.8. The van der Waals surface area contributed by atoms with E-state index in [9.17, 15) is 0 Å². The maximum atomic E-state index is 5.62. The van der Waals surface area contributed by atoms with Gasteiger partial charge in [0.2, 0.25) is 5.89 Å². The fraction of sp³-hybridized carbons (Fsp3) is 0.529. The number of aromatic nitrogens is 2. The predicted octanol–water partition coefficient (Wildman–Crippen LogP) is 1.20. The largest absolute Gasteiger partial charge is 0.486 e. The lowest BCUT2D eigenvalue weighted by atomic mass is 10.1. The molecule has 7 heteroatoms. The minimum atomic E-state index is 0.186. The molecule has 0 aliphatic carbocycles. The van der Waals surface area contributed by atoms with E-state index in [-0.39, 0.29) is 6.04 Å². The number of hydrogen-bond donors (Lipinski definition) is 1. The Kier molecular flexibility index (Phi) is 4.36. The lowest BCUT2D eigenvalue weighted by molar-refractivity contribution is 0.171. The molecule has 0 bridgehead atoms. The molecule has 0 saturated carbocycles. The molecule has 1 fully saturated rings. The molecule has 7 nitrogen and oxygen atoms in total. The van der Waals surface area contributed by atoms with Gasteiger partial charge in [0.25, 0.3) is 0 Å². The van der Waals surface area contributed by atoms with E-state index in [0.29, 0.717) is 19.1 Å². The fourth-order valence-electron chi connectivity index (χ4n) is 3.09. The van der Waals surface area contributed by atoms with Crippen molar-refractivity contribution in [2.75, 3.05) is 39.9 Å². The predicted molar refractivity (Wildman–Crippen MR) is 87.4 cm³/mol. The Bertz CT molecular complexity index is 703. The minimum absolute atomic E-state index is 0.186. The van der Waals surface area contributed by atoms with Gasteiger partial charge in [-0.05, 0) is 31.2 Å². The maximum absolute atomic E-state index is 5.62. The Morgan fingerprint density at radius 1 is 1.21 bits per heavy atom. The number of aryl methyl sites for hydroxylation is 2. The van der Waals surface area contributed by atoms with E-state index in [0.717, 1.165) is 49.8 Å². The molecule has 0 amide bonds. The molecule has 0 radical (unpaired) electrons. The molecule has 0 spiro atoms. The van der Waals surface area contributed by atoms with E-state index in [1.807, 2.05) is 12.1 Å². The standard InChI is InChI=1S/C17H22N4O3/c1-21-7-6-18-11-13(21)17-19-16(24-20-17)5-3-12-2-4-14-15(10-12)23-9-8-22-14/h2,4,10,13,18H,3,5-9,11H2,1H3. The molecule has 24 heavy (non-hydrogen) atoms. The number of piperazine rings is 1. The van der Waals surface area contributed by atoms with Crippen molar-refractivity contribution in [2.24, 2.45) is 0 Å². The Morgan fingerprint density at radius 3 is 2.96 bits per heavy atom. The van der Waals surface area contributed by atoms with Crippen molar-refractivity contribution in [1.82, 2.24) is 20.4 Å². The Balaban J connectivity index is 1.39. The third-order valence-electron chi connectivity index (χ3n) is 4.53. The van der Waals surface area contributed by atoms with Crippen LogP contribution in [-0.4, -0.2) is 54.9 Å². The molecule has 4 rings (SSSR count). The second kappa shape index (κ2) is 6.78. The summed E-state index contributed by atoms with van der Waals surface area (Å²) in [5.74, 6) is 3.08. The summed E-state index contributed by atoms with van der Waals surface area (Å²) in [5.41, 5.74) is 1.18. The summed E-state index contributed by atoms with van der Waals surface area (Å²) < 4.78 is 16.6. The molecule has 1 unspecified atom stereocenters. The van der Waals surface area contributed by atoms with Crippen molar-refractivity contribution in [3.63, 3.8) is 0 Å². The summed E-state index contributed by atoms with van der Waals surface area (Å²) in [4.78, 5) is 6.83. The number of hydrogen-bond acceptors (Lipinski definition) is 7. The van der Waals surface area contributed by atoms with E-state index in [1.54, 1.807) is 0 Å². The Hall–Kier alpha value is -2.12. The van der Waals surface area contributed by atoms with Gasteiger partial charge < -0.3 is 19.3 Å². The quantitative estimate of drug-likeness (QED) is 0.903. The highest BCUT2D eigenvalue weighted by Crippen LogP contribution is 2.31. The first-order valence-electron chi connectivity index (χ1n) is 8.41. The number of fused-ring (bicyclic) bond motifs is 1. The van der Waals surface area contributed by atoms with Gasteiger partial charge in [-0.15, -0.1) is 0 Å². The van der Waals surface area contributed by atoms with Crippen LogP contribution in [0, 0.1) is 0 Å². The summed E-state index contributed by atoms with van der Waals surface area (Å²) in [6.45, 7) is 4.07. The van der Waals surface area contributed by atoms with Gasteiger partial charge in [0.05, 0.1) is 6.04 Å². The van der Waals surface area contributed by atoms with Crippen LogP contribution in [0.25, 0.3) is 0 Å². The minimum Gasteiger partial charge on any atom is -0.486 e. The number of nitrogens with zero attached hydrogens (tertiary/aromatic N) is 3. The maximum Gasteiger partial charge on any atom is 0.227 e. The first-order valence-corrected chi connectivity index (χ1v) is 8.41. The van der Waals surface area contributed by atoms with Crippen molar-refractivity contribution in [2.45, 2.75) is 18.9 Å². The van der Waals surface area contributed by atoms with E-state index in [2.05, 4.69) is 33.5 Å². The van der Waals surface area contributed by atoms with Crippen molar-refractivity contribution < 1.29 is 14.0 Å². The van der Waals surface area contributed by atoms with Crippen LogP contribution in [0.3, 0.4) is 0 Å². The number of nitrogens with one attached hydrogen (secondary N) is 1. The van der Waals surface area contributed by atoms with Gasteiger partial charge in [-0.3, -0.25) is 4.90 Å². The van der Waals surface area contributed by atoms with Crippen molar-refractivity contribution in [3.8, 4) is 11.5 Å². The lowest BCUT2D eigenvalue weighted by Gasteiger charge is -2.30. The van der Waals surface area contributed by atoms with Crippen LogP contribution in [-0.2, 0) is 12.8 Å². The summed E-state index contributed by atoms with van der Waals surface area (Å²) in [6.07, 6.45) is 1.55. The average molecular weight is 330 g/mol. The highest BCUT2D eigenvalue weighted by Gasteiger charge is 2.25. The van der Waals surface area contributed by atoms with Gasteiger partial charge in [0.1, 0.15) is 13.2 Å². The fourth-order valence-corrected chi connectivity index (χ4v) is 3.09. The molecule has 1 atom stereocenters. The van der Waals surface area contributed by atoms with Crippen LogP contribution in [0.1, 0.15) is 23.3 Å². The van der Waals surface area contributed by atoms with E-state index in [1.165, 1.54) is 5.56 Å². The van der Waals surface area contributed by atoms with Crippen LogP contribution in [0.2, 0.25) is 0 Å². The van der Waals surface area contributed by atoms with Crippen LogP contribution >= 0.6 is 0 Å². The third-order valence-corrected chi connectivity index (χ3v) is 4.53. The Morgan fingerprint density at radius 2 is 2.08 bits per heavy atom. The molecular formula is C17H22N4O3. The van der Waals surface area contributed by atoms with Gasteiger partial charge in [0, 0.05) is 26.1 Å². The number of likely N-dealkylation sites (N-methyl/N-ethyl adjacent to an activating group) is 1.